The fourth-order valence-corrected chi connectivity index (χ4v) is 3.50. The fraction of sp³-hybridized carbons (Fsp3) is 0.200. The third-order valence-corrected chi connectivity index (χ3v) is 5.34. The summed E-state index contributed by atoms with van der Waals surface area (Å²) in [5.74, 6) is -1.09. The monoisotopic (exact) mass is 492 g/mol. The Labute approximate surface area is 207 Å². The number of alkyl halides is 2. The Morgan fingerprint density at radius 3 is 2.44 bits per heavy atom. The molecule has 11 heteroatoms. The van der Waals surface area contributed by atoms with Gasteiger partial charge in [-0.3, -0.25) is 0 Å². The Morgan fingerprint density at radius 2 is 1.72 bits per heavy atom. The molecule has 2 heterocycles. The van der Waals surface area contributed by atoms with E-state index in [1.807, 2.05) is 26.0 Å². The summed E-state index contributed by atoms with van der Waals surface area (Å²) in [6, 6.07) is 14.1. The molecule has 186 valence electrons. The second-order valence-corrected chi connectivity index (χ2v) is 8.30. The van der Waals surface area contributed by atoms with Crippen LogP contribution in [-0.4, -0.2) is 32.8 Å². The number of rotatable bonds is 7. The molecule has 36 heavy (non-hydrogen) atoms. The summed E-state index contributed by atoms with van der Waals surface area (Å²) in [4.78, 5) is 21.0. The molecule has 0 saturated carbocycles. The number of anilines is 5. The van der Waals surface area contributed by atoms with Gasteiger partial charge < -0.3 is 21.3 Å². The van der Waals surface area contributed by atoms with Gasteiger partial charge in [-0.1, -0.05) is 18.2 Å². The summed E-state index contributed by atoms with van der Waals surface area (Å²) in [5, 5.41) is 16.2. The molecule has 2 aromatic carbocycles. The zero-order valence-electron chi connectivity index (χ0n) is 20.2. The number of carbonyl (C=O) groups excluding carboxylic acids is 1. The number of hydrogen-bond donors (Lipinski definition) is 4. The highest BCUT2D eigenvalue weighted by Crippen LogP contribution is 2.29. The standard InChI is InChI=1S/C25H26F2N8O/c1-15-8-9-19(32-24(36)31-18-7-5-6-17(11-18)25(3,26)27)12-20(15)33-23-10-16(2)34-35(23)22-13-21(28-4)29-14-30-22/h5-14,33H,1-4H3,(H,28,29,30)(H2,31,32,36). The number of amides is 2. The summed E-state index contributed by atoms with van der Waals surface area (Å²) in [6.45, 7) is 4.62. The van der Waals surface area contributed by atoms with Gasteiger partial charge in [-0.2, -0.15) is 9.78 Å². The van der Waals surface area contributed by atoms with E-state index < -0.39 is 12.0 Å². The fourth-order valence-electron chi connectivity index (χ4n) is 3.50. The second kappa shape index (κ2) is 9.98. The lowest BCUT2D eigenvalue weighted by molar-refractivity contribution is 0.0175. The maximum absolute atomic E-state index is 13.6. The third-order valence-electron chi connectivity index (χ3n) is 5.34. The first kappa shape index (κ1) is 24.6. The second-order valence-electron chi connectivity index (χ2n) is 8.30. The number of benzene rings is 2. The highest BCUT2D eigenvalue weighted by molar-refractivity contribution is 6.00. The molecule has 0 aliphatic rings. The number of halogens is 2. The SMILES string of the molecule is CNc1cc(-n2nc(C)cc2Nc2cc(NC(=O)Nc3cccc(C(C)(F)F)c3)ccc2C)ncn1. The van der Waals surface area contributed by atoms with Crippen LogP contribution in [0.25, 0.3) is 5.82 Å². The minimum absolute atomic E-state index is 0.181. The van der Waals surface area contributed by atoms with Gasteiger partial charge in [-0.05, 0) is 43.7 Å². The molecule has 4 aromatic rings. The van der Waals surface area contributed by atoms with Crippen molar-refractivity contribution in [3.05, 3.63) is 77.7 Å². The molecule has 0 spiro atoms. The molecule has 0 atom stereocenters. The summed E-state index contributed by atoms with van der Waals surface area (Å²) in [5.41, 5.74) is 3.06. The lowest BCUT2D eigenvalue weighted by atomic mass is 10.1. The van der Waals surface area contributed by atoms with Crippen LogP contribution >= 0.6 is 0 Å². The van der Waals surface area contributed by atoms with Gasteiger partial charge in [0.15, 0.2) is 5.82 Å². The highest BCUT2D eigenvalue weighted by atomic mass is 19.3. The Balaban J connectivity index is 1.52. The average molecular weight is 493 g/mol. The van der Waals surface area contributed by atoms with Crippen molar-refractivity contribution in [3.63, 3.8) is 0 Å². The Morgan fingerprint density at radius 1 is 0.972 bits per heavy atom. The van der Waals surface area contributed by atoms with E-state index in [1.165, 1.54) is 24.5 Å². The maximum atomic E-state index is 13.6. The van der Waals surface area contributed by atoms with Gasteiger partial charge in [0.1, 0.15) is 18.0 Å². The topological polar surface area (TPSA) is 109 Å². The number of aromatic nitrogens is 4. The van der Waals surface area contributed by atoms with E-state index in [0.29, 0.717) is 23.1 Å². The van der Waals surface area contributed by atoms with Crippen LogP contribution in [0.4, 0.5) is 42.3 Å². The normalized spacial score (nSPS) is 11.2. The number of urea groups is 1. The molecule has 4 N–H and O–H groups in total. The van der Waals surface area contributed by atoms with Crippen LogP contribution in [0.15, 0.2) is 60.9 Å². The van der Waals surface area contributed by atoms with Gasteiger partial charge in [0.05, 0.1) is 5.69 Å². The Kier molecular flexibility index (Phi) is 6.82. The van der Waals surface area contributed by atoms with Crippen molar-refractivity contribution < 1.29 is 13.6 Å². The van der Waals surface area contributed by atoms with E-state index in [4.69, 9.17) is 0 Å². The predicted molar refractivity (Wildman–Crippen MR) is 137 cm³/mol. The van der Waals surface area contributed by atoms with Crippen LogP contribution in [0.5, 0.6) is 0 Å². The summed E-state index contributed by atoms with van der Waals surface area (Å²) in [6.07, 6.45) is 1.45. The van der Waals surface area contributed by atoms with Crippen molar-refractivity contribution in [1.29, 1.82) is 0 Å². The van der Waals surface area contributed by atoms with Crippen molar-refractivity contribution in [2.45, 2.75) is 26.7 Å². The number of nitrogens with one attached hydrogen (secondary N) is 4. The van der Waals surface area contributed by atoms with E-state index in [-0.39, 0.29) is 11.3 Å². The quantitative estimate of drug-likeness (QED) is 0.259. The van der Waals surface area contributed by atoms with E-state index in [2.05, 4.69) is 36.3 Å². The van der Waals surface area contributed by atoms with E-state index in [1.54, 1.807) is 36.0 Å². The molecule has 4 rings (SSSR count). The summed E-state index contributed by atoms with van der Waals surface area (Å²) < 4.78 is 28.9. The van der Waals surface area contributed by atoms with E-state index >= 15 is 0 Å². The van der Waals surface area contributed by atoms with Gasteiger partial charge in [0, 0.05) is 48.7 Å². The minimum atomic E-state index is -3.00. The molecule has 2 amide bonds. The molecule has 0 aliphatic heterocycles. The van der Waals surface area contributed by atoms with Crippen LogP contribution in [0, 0.1) is 13.8 Å². The lowest BCUT2D eigenvalue weighted by Crippen LogP contribution is -2.20. The van der Waals surface area contributed by atoms with Gasteiger partial charge >= 0.3 is 6.03 Å². The molecule has 0 bridgehead atoms. The van der Waals surface area contributed by atoms with Crippen LogP contribution in [0.3, 0.4) is 0 Å². The molecule has 0 unspecified atom stereocenters. The number of carbonyl (C=O) groups is 1. The lowest BCUT2D eigenvalue weighted by Gasteiger charge is -2.15. The smallest absolute Gasteiger partial charge is 0.323 e. The zero-order chi connectivity index (χ0) is 25.9. The van der Waals surface area contributed by atoms with Crippen LogP contribution in [0.1, 0.15) is 23.7 Å². The summed E-state index contributed by atoms with van der Waals surface area (Å²) in [7, 11) is 1.77. The van der Waals surface area contributed by atoms with Crippen LogP contribution in [0.2, 0.25) is 0 Å². The first-order valence-electron chi connectivity index (χ1n) is 11.1. The molecular weight excluding hydrogens is 466 g/mol. The predicted octanol–water partition coefficient (Wildman–Crippen LogP) is 5.82. The van der Waals surface area contributed by atoms with Gasteiger partial charge in [-0.15, -0.1) is 0 Å². The molecule has 0 saturated heterocycles. The van der Waals surface area contributed by atoms with Crippen molar-refractivity contribution in [2.75, 3.05) is 28.3 Å². The van der Waals surface area contributed by atoms with Gasteiger partial charge in [0.2, 0.25) is 0 Å². The molecule has 9 nitrogen and oxygen atoms in total. The first-order chi connectivity index (χ1) is 17.1. The number of nitrogens with zero attached hydrogens (tertiary/aromatic N) is 4. The highest BCUT2D eigenvalue weighted by Gasteiger charge is 2.24. The van der Waals surface area contributed by atoms with E-state index in [9.17, 15) is 13.6 Å². The summed E-state index contributed by atoms with van der Waals surface area (Å²) >= 11 is 0. The van der Waals surface area contributed by atoms with Crippen molar-refractivity contribution in [2.24, 2.45) is 0 Å². The first-order valence-corrected chi connectivity index (χ1v) is 11.1. The third kappa shape index (κ3) is 5.74. The van der Waals surface area contributed by atoms with Crippen molar-refractivity contribution in [3.8, 4) is 5.82 Å². The largest absolute Gasteiger partial charge is 0.373 e. The number of aryl methyl sites for hydroxylation is 2. The Bertz CT molecular complexity index is 1400. The van der Waals surface area contributed by atoms with Crippen molar-refractivity contribution >= 4 is 34.7 Å². The molecule has 2 aromatic heterocycles. The van der Waals surface area contributed by atoms with Crippen molar-refractivity contribution in [1.82, 2.24) is 19.7 Å². The van der Waals surface area contributed by atoms with Gasteiger partial charge in [0.25, 0.3) is 5.92 Å². The number of hydrogen-bond acceptors (Lipinski definition) is 6. The average Bonchev–Trinajstić information content (AvgIpc) is 3.20. The maximum Gasteiger partial charge on any atom is 0.323 e. The Hall–Kier alpha value is -4.54. The minimum Gasteiger partial charge on any atom is -0.373 e. The molecule has 0 fully saturated rings. The van der Waals surface area contributed by atoms with Crippen LogP contribution < -0.4 is 21.3 Å². The van der Waals surface area contributed by atoms with Crippen LogP contribution in [-0.2, 0) is 5.92 Å². The van der Waals surface area contributed by atoms with E-state index in [0.717, 1.165) is 23.9 Å². The molecule has 0 aliphatic carbocycles. The van der Waals surface area contributed by atoms with Gasteiger partial charge in [-0.25, -0.2) is 23.5 Å². The molecule has 0 radical (unpaired) electrons. The molecular formula is C25H26F2N8O. The zero-order valence-corrected chi connectivity index (χ0v) is 20.2.